The first-order valence-electron chi connectivity index (χ1n) is 5.75. The van der Waals surface area contributed by atoms with Crippen LogP contribution in [0.4, 0.5) is 5.69 Å². The maximum atomic E-state index is 10.7. The van der Waals surface area contributed by atoms with Gasteiger partial charge in [-0.1, -0.05) is 17.7 Å². The number of methoxy groups -OCH3 is 1. The summed E-state index contributed by atoms with van der Waals surface area (Å²) in [5.41, 5.74) is 0.0605. The summed E-state index contributed by atoms with van der Waals surface area (Å²) in [4.78, 5) is 10.2. The monoisotopic (exact) mass is 304 g/mol. The van der Waals surface area contributed by atoms with Gasteiger partial charge < -0.3 is 9.47 Å². The lowest BCUT2D eigenvalue weighted by atomic mass is 10.2. The molecule has 21 heavy (non-hydrogen) atoms. The highest BCUT2D eigenvalue weighted by Crippen LogP contribution is 2.36. The molecule has 0 aliphatic carbocycles. The van der Waals surface area contributed by atoms with E-state index in [1.165, 1.54) is 25.3 Å². The number of nitro groups is 1. The van der Waals surface area contributed by atoms with Crippen molar-refractivity contribution in [2.75, 3.05) is 7.11 Å². The number of nitro benzene ring substituents is 1. The van der Waals surface area contributed by atoms with E-state index in [0.29, 0.717) is 0 Å². The highest BCUT2D eigenvalue weighted by Gasteiger charge is 2.15. The molecule has 0 saturated heterocycles. The average molecular weight is 305 g/mol. The highest BCUT2D eigenvalue weighted by molar-refractivity contribution is 6.31. The largest absolute Gasteiger partial charge is 0.493 e. The van der Waals surface area contributed by atoms with Crippen LogP contribution in [0, 0.1) is 21.4 Å². The number of nitriles is 1. The fraction of sp³-hybridized carbons (Fsp3) is 0.0714. The second-order valence-electron chi connectivity index (χ2n) is 3.92. The Morgan fingerprint density at radius 1 is 1.24 bits per heavy atom. The second kappa shape index (κ2) is 6.11. The van der Waals surface area contributed by atoms with Gasteiger partial charge in [0.2, 0.25) is 0 Å². The van der Waals surface area contributed by atoms with Crippen molar-refractivity contribution in [2.45, 2.75) is 0 Å². The summed E-state index contributed by atoms with van der Waals surface area (Å²) in [6.45, 7) is 0. The molecule has 2 aromatic carbocycles. The van der Waals surface area contributed by atoms with E-state index >= 15 is 0 Å². The summed E-state index contributed by atoms with van der Waals surface area (Å²) in [5.74, 6) is 0.687. The molecule has 0 aliphatic rings. The molecular formula is C14H9ClN2O4. The van der Waals surface area contributed by atoms with E-state index in [9.17, 15) is 10.1 Å². The minimum Gasteiger partial charge on any atom is -0.493 e. The van der Waals surface area contributed by atoms with E-state index < -0.39 is 4.92 Å². The zero-order valence-electron chi connectivity index (χ0n) is 10.9. The van der Waals surface area contributed by atoms with Crippen LogP contribution in [0.15, 0.2) is 36.4 Å². The Kier molecular flexibility index (Phi) is 4.26. The Morgan fingerprint density at radius 2 is 2.00 bits per heavy atom. The maximum Gasteiger partial charge on any atom is 0.273 e. The third-order valence-corrected chi connectivity index (χ3v) is 2.98. The zero-order valence-corrected chi connectivity index (χ0v) is 11.6. The minimum atomic E-state index is -0.535. The highest BCUT2D eigenvalue weighted by atomic mass is 35.5. The van der Waals surface area contributed by atoms with Gasteiger partial charge in [-0.2, -0.15) is 5.26 Å². The molecule has 0 aliphatic heterocycles. The van der Waals surface area contributed by atoms with Crippen LogP contribution >= 0.6 is 11.6 Å². The minimum absolute atomic E-state index is 0.120. The van der Waals surface area contributed by atoms with E-state index in [0.717, 1.165) is 0 Å². The van der Waals surface area contributed by atoms with Crippen molar-refractivity contribution in [1.29, 1.82) is 5.26 Å². The number of benzene rings is 2. The van der Waals surface area contributed by atoms with Crippen LogP contribution in [0.5, 0.6) is 17.2 Å². The predicted molar refractivity (Wildman–Crippen MR) is 75.9 cm³/mol. The van der Waals surface area contributed by atoms with Crippen molar-refractivity contribution >= 4 is 17.3 Å². The fourth-order valence-electron chi connectivity index (χ4n) is 1.67. The summed E-state index contributed by atoms with van der Waals surface area (Å²) >= 11 is 5.91. The van der Waals surface area contributed by atoms with Crippen LogP contribution in [-0.2, 0) is 0 Å². The Balaban J connectivity index is 2.43. The smallest absolute Gasteiger partial charge is 0.273 e. The molecule has 0 spiro atoms. The quantitative estimate of drug-likeness (QED) is 0.631. The Labute approximate surface area is 125 Å². The molecule has 0 saturated carbocycles. The van der Waals surface area contributed by atoms with E-state index in [2.05, 4.69) is 0 Å². The van der Waals surface area contributed by atoms with Crippen molar-refractivity contribution in [1.82, 2.24) is 0 Å². The third kappa shape index (κ3) is 3.04. The molecule has 0 unspecified atom stereocenters. The van der Waals surface area contributed by atoms with E-state index in [1.54, 1.807) is 18.2 Å². The van der Waals surface area contributed by atoms with Gasteiger partial charge in [-0.05, 0) is 18.2 Å². The Bertz CT molecular complexity index is 740. The molecule has 0 radical (unpaired) electrons. The fourth-order valence-corrected chi connectivity index (χ4v) is 1.88. The van der Waals surface area contributed by atoms with Crippen molar-refractivity contribution in [3.8, 4) is 23.3 Å². The first kappa shape index (κ1) is 14.6. The number of hydrogen-bond acceptors (Lipinski definition) is 5. The normalized spacial score (nSPS) is 9.76. The molecule has 2 rings (SSSR count). The number of rotatable bonds is 4. The van der Waals surface area contributed by atoms with E-state index in [-0.39, 0.29) is 33.5 Å². The van der Waals surface area contributed by atoms with Crippen LogP contribution < -0.4 is 9.47 Å². The summed E-state index contributed by atoms with van der Waals surface area (Å²) in [7, 11) is 1.37. The Morgan fingerprint density at radius 3 is 2.62 bits per heavy atom. The van der Waals surface area contributed by atoms with Crippen molar-refractivity contribution in [3.63, 3.8) is 0 Å². The van der Waals surface area contributed by atoms with Crippen LogP contribution in [0.1, 0.15) is 5.56 Å². The number of ether oxygens (including phenoxy) is 2. The molecular weight excluding hydrogens is 296 g/mol. The van der Waals surface area contributed by atoms with Crippen molar-refractivity contribution in [3.05, 3.63) is 57.1 Å². The van der Waals surface area contributed by atoms with Gasteiger partial charge in [0.1, 0.15) is 17.4 Å². The van der Waals surface area contributed by atoms with Gasteiger partial charge in [0.25, 0.3) is 5.69 Å². The lowest BCUT2D eigenvalue weighted by molar-refractivity contribution is -0.384. The molecule has 0 N–H and O–H groups in total. The molecule has 0 fully saturated rings. The molecule has 6 nitrogen and oxygen atoms in total. The molecule has 0 bridgehead atoms. The van der Waals surface area contributed by atoms with Crippen molar-refractivity contribution in [2.24, 2.45) is 0 Å². The molecule has 0 aromatic heterocycles. The van der Waals surface area contributed by atoms with E-state index in [4.69, 9.17) is 26.3 Å². The maximum absolute atomic E-state index is 10.7. The molecule has 7 heteroatoms. The summed E-state index contributed by atoms with van der Waals surface area (Å²) < 4.78 is 10.7. The van der Waals surface area contributed by atoms with Crippen LogP contribution in [0.3, 0.4) is 0 Å². The third-order valence-electron chi connectivity index (χ3n) is 2.67. The lowest BCUT2D eigenvalue weighted by Gasteiger charge is -2.11. The van der Waals surface area contributed by atoms with Gasteiger partial charge in [0.05, 0.1) is 23.1 Å². The molecule has 0 heterocycles. The van der Waals surface area contributed by atoms with Crippen LogP contribution in [0.2, 0.25) is 5.02 Å². The number of non-ortho nitro benzene ring substituents is 1. The van der Waals surface area contributed by atoms with Crippen LogP contribution in [0.25, 0.3) is 0 Å². The van der Waals surface area contributed by atoms with Gasteiger partial charge in [-0.15, -0.1) is 0 Å². The number of hydrogen-bond donors (Lipinski definition) is 0. The van der Waals surface area contributed by atoms with Gasteiger partial charge in [-0.25, -0.2) is 0 Å². The van der Waals surface area contributed by atoms with E-state index in [1.807, 2.05) is 6.07 Å². The first-order chi connectivity index (χ1) is 10.1. The second-order valence-corrected chi connectivity index (χ2v) is 4.33. The Hall–Kier alpha value is -2.78. The molecule has 2 aromatic rings. The number of halogens is 1. The van der Waals surface area contributed by atoms with Gasteiger partial charge in [0.15, 0.2) is 11.5 Å². The SMILES string of the molecule is COc1cc([N+](=O)[O-])ccc1Oc1cccc(Cl)c1C#N. The molecule has 106 valence electrons. The predicted octanol–water partition coefficient (Wildman–Crippen LogP) is 3.92. The van der Waals surface area contributed by atoms with Gasteiger partial charge in [-0.3, -0.25) is 10.1 Å². The van der Waals surface area contributed by atoms with Crippen molar-refractivity contribution < 1.29 is 14.4 Å². The standard InChI is InChI=1S/C14H9ClN2O4/c1-20-14-7-9(17(18)19)5-6-13(14)21-12-4-2-3-11(15)10(12)8-16/h2-7H,1H3. The summed E-state index contributed by atoms with van der Waals surface area (Å²) in [6.07, 6.45) is 0. The topological polar surface area (TPSA) is 85.4 Å². The van der Waals surface area contributed by atoms with Crippen LogP contribution in [-0.4, -0.2) is 12.0 Å². The lowest BCUT2D eigenvalue weighted by Crippen LogP contribution is -1.95. The molecule has 0 atom stereocenters. The summed E-state index contributed by atoms with van der Waals surface area (Å²) in [5, 5.41) is 20.1. The summed E-state index contributed by atoms with van der Waals surface area (Å²) in [6, 6.07) is 10.7. The zero-order chi connectivity index (χ0) is 15.4. The average Bonchev–Trinajstić information content (AvgIpc) is 2.47. The number of nitrogens with zero attached hydrogens (tertiary/aromatic N) is 2. The van der Waals surface area contributed by atoms with Gasteiger partial charge >= 0.3 is 0 Å². The first-order valence-corrected chi connectivity index (χ1v) is 6.13. The molecule has 0 amide bonds. The van der Waals surface area contributed by atoms with Gasteiger partial charge in [0, 0.05) is 6.07 Å².